The molecule has 0 saturated carbocycles. The maximum absolute atomic E-state index is 5.39. The van der Waals surface area contributed by atoms with Gasteiger partial charge in [-0.25, -0.2) is 9.97 Å². The number of fused-ring (bicyclic) bond motifs is 7. The first kappa shape index (κ1) is 28.3. The Kier molecular flexibility index (Phi) is 6.49. The van der Waals surface area contributed by atoms with E-state index in [0.29, 0.717) is 5.82 Å². The van der Waals surface area contributed by atoms with Crippen LogP contribution in [-0.2, 0) is 0 Å². The molecule has 0 fully saturated rings. The van der Waals surface area contributed by atoms with Gasteiger partial charge < -0.3 is 0 Å². The normalized spacial score (nSPS) is 11.6. The summed E-state index contributed by atoms with van der Waals surface area (Å²) in [6.07, 6.45) is 1.95. The molecule has 0 amide bonds. The zero-order valence-corrected chi connectivity index (χ0v) is 27.1. The molecule has 2 aromatic heterocycles. The van der Waals surface area contributed by atoms with E-state index in [1.807, 2.05) is 18.3 Å². The minimum Gasteiger partial charge on any atom is -0.256 e. The fourth-order valence-electron chi connectivity index (χ4n) is 7.42. The van der Waals surface area contributed by atoms with Crippen molar-refractivity contribution in [1.82, 2.24) is 15.0 Å². The number of rotatable bonds is 4. The van der Waals surface area contributed by atoms with Crippen LogP contribution in [-0.4, -0.2) is 15.0 Å². The summed E-state index contributed by atoms with van der Waals surface area (Å²) in [4.78, 5) is 15.4. The smallest absolute Gasteiger partial charge is 0.161 e. The van der Waals surface area contributed by atoms with Crippen LogP contribution in [0.1, 0.15) is 0 Å². The Hall–Kier alpha value is -6.71. The monoisotopic (exact) mass is 635 g/mol. The van der Waals surface area contributed by atoms with Crippen LogP contribution in [0.15, 0.2) is 176 Å². The molecule has 10 rings (SSSR count). The second-order valence-electron chi connectivity index (χ2n) is 12.8. The Morgan fingerprint density at radius 2 is 0.820 bits per heavy atom. The highest BCUT2D eigenvalue weighted by Gasteiger charge is 2.17. The Labute approximate surface area is 289 Å². The van der Waals surface area contributed by atoms with E-state index in [1.54, 1.807) is 0 Å². The number of benzene rings is 8. The van der Waals surface area contributed by atoms with E-state index in [2.05, 4.69) is 158 Å². The van der Waals surface area contributed by atoms with Gasteiger partial charge in [0, 0.05) is 33.8 Å². The van der Waals surface area contributed by atoms with Crippen LogP contribution in [0.3, 0.4) is 0 Å². The minimum atomic E-state index is 0.708. The lowest BCUT2D eigenvalue weighted by Gasteiger charge is -2.15. The molecular weight excluding hydrogens is 607 g/mol. The third kappa shape index (κ3) is 4.71. The third-order valence-electron chi connectivity index (χ3n) is 9.88. The average molecular weight is 636 g/mol. The van der Waals surface area contributed by atoms with Crippen LogP contribution in [0, 0.1) is 0 Å². The van der Waals surface area contributed by atoms with Gasteiger partial charge in [0.2, 0.25) is 0 Å². The standard InChI is InChI=1S/C47H29N3/c1-4-14-36-32(11-1)26-42(40-18-8-6-16-38(36)40)46-28-45(31-23-21-30(22-24-31)35-25-34-13-3-10-20-44(34)48-29-35)49-47(50-46)43-27-33-12-2-5-15-37(33)39-17-7-9-19-41(39)43/h1-29H. The van der Waals surface area contributed by atoms with E-state index in [1.165, 1.54) is 37.7 Å². The van der Waals surface area contributed by atoms with Gasteiger partial charge in [-0.1, -0.05) is 140 Å². The molecular formula is C47H29N3. The molecule has 0 atom stereocenters. The van der Waals surface area contributed by atoms with Gasteiger partial charge in [0.25, 0.3) is 0 Å². The van der Waals surface area contributed by atoms with Gasteiger partial charge in [-0.05, 0) is 79.0 Å². The molecule has 0 aliphatic rings. The first-order valence-corrected chi connectivity index (χ1v) is 16.9. The first-order chi connectivity index (χ1) is 24.8. The van der Waals surface area contributed by atoms with E-state index in [0.717, 1.165) is 55.5 Å². The van der Waals surface area contributed by atoms with Crippen LogP contribution in [0.2, 0.25) is 0 Å². The highest BCUT2D eigenvalue weighted by atomic mass is 14.9. The van der Waals surface area contributed by atoms with Gasteiger partial charge in [0.05, 0.1) is 16.9 Å². The van der Waals surface area contributed by atoms with E-state index >= 15 is 0 Å². The van der Waals surface area contributed by atoms with E-state index < -0.39 is 0 Å². The van der Waals surface area contributed by atoms with Crippen molar-refractivity contribution in [3.8, 4) is 45.0 Å². The molecule has 0 bridgehead atoms. The summed E-state index contributed by atoms with van der Waals surface area (Å²) in [7, 11) is 0. The first-order valence-electron chi connectivity index (χ1n) is 16.9. The van der Waals surface area contributed by atoms with Crippen molar-refractivity contribution >= 4 is 54.0 Å². The quantitative estimate of drug-likeness (QED) is 0.181. The van der Waals surface area contributed by atoms with Crippen LogP contribution in [0.4, 0.5) is 0 Å². The lowest BCUT2D eigenvalue weighted by Crippen LogP contribution is -1.98. The molecule has 10 aromatic rings. The predicted molar refractivity (Wildman–Crippen MR) is 209 cm³/mol. The maximum atomic E-state index is 5.39. The number of para-hydroxylation sites is 1. The Morgan fingerprint density at radius 3 is 1.50 bits per heavy atom. The Morgan fingerprint density at radius 1 is 0.320 bits per heavy atom. The van der Waals surface area contributed by atoms with Crippen LogP contribution in [0.25, 0.3) is 99.0 Å². The van der Waals surface area contributed by atoms with Crippen LogP contribution < -0.4 is 0 Å². The third-order valence-corrected chi connectivity index (χ3v) is 9.88. The molecule has 0 saturated heterocycles. The maximum Gasteiger partial charge on any atom is 0.161 e. The molecule has 0 aliphatic heterocycles. The van der Waals surface area contributed by atoms with E-state index in [-0.39, 0.29) is 0 Å². The number of hydrogen-bond acceptors (Lipinski definition) is 3. The molecule has 8 aromatic carbocycles. The molecule has 2 heterocycles. The number of nitrogens with zero attached hydrogens (tertiary/aromatic N) is 3. The summed E-state index contributed by atoms with van der Waals surface area (Å²) >= 11 is 0. The fraction of sp³-hybridized carbons (Fsp3) is 0. The average Bonchev–Trinajstić information content (AvgIpc) is 3.20. The Bertz CT molecular complexity index is 2790. The molecule has 3 nitrogen and oxygen atoms in total. The van der Waals surface area contributed by atoms with Gasteiger partial charge in [0.1, 0.15) is 0 Å². The summed E-state index contributed by atoms with van der Waals surface area (Å²) in [5.41, 5.74) is 8.11. The summed E-state index contributed by atoms with van der Waals surface area (Å²) < 4.78 is 0. The van der Waals surface area contributed by atoms with Gasteiger partial charge in [-0.15, -0.1) is 0 Å². The van der Waals surface area contributed by atoms with Gasteiger partial charge in [-0.3, -0.25) is 4.98 Å². The summed E-state index contributed by atoms with van der Waals surface area (Å²) in [6, 6.07) is 60.2. The zero-order chi connectivity index (χ0) is 33.0. The number of pyridine rings is 1. The lowest BCUT2D eigenvalue weighted by atomic mass is 9.94. The van der Waals surface area contributed by atoms with Gasteiger partial charge >= 0.3 is 0 Å². The summed E-state index contributed by atoms with van der Waals surface area (Å²) in [6.45, 7) is 0. The highest BCUT2D eigenvalue weighted by molar-refractivity contribution is 6.15. The van der Waals surface area contributed by atoms with Crippen molar-refractivity contribution in [3.63, 3.8) is 0 Å². The molecule has 0 spiro atoms. The molecule has 0 N–H and O–H groups in total. The topological polar surface area (TPSA) is 38.7 Å². The highest BCUT2D eigenvalue weighted by Crippen LogP contribution is 2.39. The van der Waals surface area contributed by atoms with Crippen molar-refractivity contribution in [2.45, 2.75) is 0 Å². The molecule has 3 heteroatoms. The zero-order valence-electron chi connectivity index (χ0n) is 27.1. The Balaban J connectivity index is 1.21. The molecule has 50 heavy (non-hydrogen) atoms. The molecule has 0 aliphatic carbocycles. The van der Waals surface area contributed by atoms with Crippen LogP contribution in [0.5, 0.6) is 0 Å². The minimum absolute atomic E-state index is 0.708. The van der Waals surface area contributed by atoms with Crippen molar-refractivity contribution < 1.29 is 0 Å². The van der Waals surface area contributed by atoms with Gasteiger partial charge in [0.15, 0.2) is 5.82 Å². The summed E-state index contributed by atoms with van der Waals surface area (Å²) in [5.74, 6) is 0.708. The van der Waals surface area contributed by atoms with Gasteiger partial charge in [-0.2, -0.15) is 0 Å². The van der Waals surface area contributed by atoms with E-state index in [4.69, 9.17) is 15.0 Å². The second-order valence-corrected chi connectivity index (χ2v) is 12.8. The molecule has 0 radical (unpaired) electrons. The lowest BCUT2D eigenvalue weighted by molar-refractivity contribution is 1.19. The largest absolute Gasteiger partial charge is 0.256 e. The fourth-order valence-corrected chi connectivity index (χ4v) is 7.42. The summed E-state index contributed by atoms with van der Waals surface area (Å²) in [5, 5.41) is 10.7. The van der Waals surface area contributed by atoms with Crippen molar-refractivity contribution in [2.75, 3.05) is 0 Å². The molecule has 0 unspecified atom stereocenters. The molecule has 232 valence electrons. The second kappa shape index (κ2) is 11.5. The SMILES string of the molecule is c1ccc2ncc(-c3ccc(-c4cc(-c5cc6ccccc6c6ccccc56)nc(-c5cc6ccccc6c6ccccc56)n4)cc3)cc2c1. The van der Waals surface area contributed by atoms with Crippen molar-refractivity contribution in [2.24, 2.45) is 0 Å². The predicted octanol–water partition coefficient (Wildman–Crippen LogP) is 12.3. The van der Waals surface area contributed by atoms with Crippen molar-refractivity contribution in [1.29, 1.82) is 0 Å². The number of hydrogen-bond donors (Lipinski definition) is 0. The number of aromatic nitrogens is 3. The van der Waals surface area contributed by atoms with E-state index in [9.17, 15) is 0 Å². The van der Waals surface area contributed by atoms with Crippen molar-refractivity contribution in [3.05, 3.63) is 176 Å². The van der Waals surface area contributed by atoms with Crippen LogP contribution >= 0.6 is 0 Å².